The summed E-state index contributed by atoms with van der Waals surface area (Å²) in [6.45, 7) is 4.12. The Labute approximate surface area is 113 Å². The molecule has 1 aromatic heterocycles. The van der Waals surface area contributed by atoms with Crippen molar-refractivity contribution in [2.24, 2.45) is 0 Å². The fourth-order valence-electron chi connectivity index (χ4n) is 1.75. The number of hydrogen-bond acceptors (Lipinski definition) is 3. The summed E-state index contributed by atoms with van der Waals surface area (Å²) in [5, 5.41) is 12.2. The van der Waals surface area contributed by atoms with E-state index in [-0.39, 0.29) is 17.9 Å². The predicted molar refractivity (Wildman–Crippen MR) is 72.3 cm³/mol. The summed E-state index contributed by atoms with van der Waals surface area (Å²) in [7, 11) is 0. The van der Waals surface area contributed by atoms with Gasteiger partial charge in [-0.25, -0.2) is 0 Å². The van der Waals surface area contributed by atoms with Crippen LogP contribution in [-0.4, -0.2) is 28.6 Å². The number of H-pyrrole nitrogens is 1. The summed E-state index contributed by atoms with van der Waals surface area (Å²) in [4.78, 5) is 22.3. The Morgan fingerprint density at radius 2 is 2.16 bits per heavy atom. The molecule has 0 saturated carbocycles. The van der Waals surface area contributed by atoms with Gasteiger partial charge in [0.2, 0.25) is 11.8 Å². The Balaban J connectivity index is 2.06. The van der Waals surface area contributed by atoms with E-state index in [1.807, 2.05) is 6.92 Å². The Hall–Kier alpha value is -1.85. The van der Waals surface area contributed by atoms with Crippen LogP contribution < -0.4 is 10.6 Å². The third-order valence-electron chi connectivity index (χ3n) is 2.85. The molecule has 0 aromatic carbocycles. The Morgan fingerprint density at radius 1 is 1.37 bits per heavy atom. The number of carbonyl (C=O) groups excluding carboxylic acids is 2. The molecule has 0 saturated heterocycles. The van der Waals surface area contributed by atoms with Gasteiger partial charge in [-0.05, 0) is 19.8 Å². The van der Waals surface area contributed by atoms with Crippen molar-refractivity contribution >= 4 is 11.8 Å². The van der Waals surface area contributed by atoms with E-state index in [2.05, 4.69) is 20.8 Å². The largest absolute Gasteiger partial charge is 0.356 e. The topological polar surface area (TPSA) is 86.9 Å². The van der Waals surface area contributed by atoms with Crippen molar-refractivity contribution in [2.75, 3.05) is 6.54 Å². The molecule has 0 aliphatic heterocycles. The van der Waals surface area contributed by atoms with Crippen LogP contribution in [0.15, 0.2) is 12.4 Å². The molecule has 19 heavy (non-hydrogen) atoms. The van der Waals surface area contributed by atoms with Gasteiger partial charge in [0.05, 0.1) is 12.2 Å². The maximum atomic E-state index is 11.7. The number of aromatic nitrogens is 2. The van der Waals surface area contributed by atoms with Crippen LogP contribution in [0.4, 0.5) is 0 Å². The molecular weight excluding hydrogens is 244 g/mol. The number of aromatic amines is 1. The van der Waals surface area contributed by atoms with Crippen molar-refractivity contribution in [3.05, 3.63) is 18.0 Å². The van der Waals surface area contributed by atoms with Gasteiger partial charge in [-0.3, -0.25) is 14.7 Å². The first kappa shape index (κ1) is 15.2. The van der Waals surface area contributed by atoms with E-state index in [0.717, 1.165) is 24.8 Å². The van der Waals surface area contributed by atoms with Gasteiger partial charge in [-0.1, -0.05) is 6.42 Å². The molecule has 1 atom stereocenters. The number of unbranched alkanes of at least 4 members (excludes halogenated alkanes) is 2. The lowest BCUT2D eigenvalue weighted by atomic mass is 10.1. The van der Waals surface area contributed by atoms with Gasteiger partial charge in [0.1, 0.15) is 0 Å². The zero-order chi connectivity index (χ0) is 14.1. The van der Waals surface area contributed by atoms with E-state index in [1.165, 1.54) is 6.92 Å². The standard InChI is InChI=1S/C13H22N4O2/c1-10(12-8-15-16-9-12)17-13(19)6-4-3-5-7-14-11(2)18/h8-10H,3-7H2,1-2H3,(H,14,18)(H,15,16)(H,17,19). The second-order valence-corrected chi connectivity index (χ2v) is 4.61. The first-order valence-electron chi connectivity index (χ1n) is 6.62. The molecule has 6 nitrogen and oxygen atoms in total. The molecule has 0 radical (unpaired) electrons. The Bertz CT molecular complexity index is 389. The molecule has 0 bridgehead atoms. The molecule has 3 N–H and O–H groups in total. The fraction of sp³-hybridized carbons (Fsp3) is 0.615. The first-order valence-corrected chi connectivity index (χ1v) is 6.62. The maximum Gasteiger partial charge on any atom is 0.220 e. The third-order valence-corrected chi connectivity index (χ3v) is 2.85. The van der Waals surface area contributed by atoms with Crippen molar-refractivity contribution in [2.45, 2.75) is 45.6 Å². The van der Waals surface area contributed by atoms with Crippen LogP contribution in [0.25, 0.3) is 0 Å². The first-order chi connectivity index (χ1) is 9.09. The number of hydrogen-bond donors (Lipinski definition) is 3. The Morgan fingerprint density at radius 3 is 2.79 bits per heavy atom. The highest BCUT2D eigenvalue weighted by Crippen LogP contribution is 2.09. The quantitative estimate of drug-likeness (QED) is 0.619. The number of nitrogens with zero attached hydrogens (tertiary/aromatic N) is 1. The Kier molecular flexibility index (Phi) is 6.63. The van der Waals surface area contributed by atoms with E-state index < -0.39 is 0 Å². The van der Waals surface area contributed by atoms with Crippen LogP contribution in [0.1, 0.15) is 51.1 Å². The van der Waals surface area contributed by atoms with Crippen molar-refractivity contribution < 1.29 is 9.59 Å². The van der Waals surface area contributed by atoms with Gasteiger partial charge in [0, 0.05) is 31.6 Å². The minimum absolute atomic E-state index is 0.00770. The molecule has 1 rings (SSSR count). The average molecular weight is 266 g/mol. The summed E-state index contributed by atoms with van der Waals surface area (Å²) in [6, 6.07) is -0.0226. The average Bonchev–Trinajstić information content (AvgIpc) is 2.87. The number of rotatable bonds is 8. The summed E-state index contributed by atoms with van der Waals surface area (Å²) >= 11 is 0. The van der Waals surface area contributed by atoms with Crippen LogP contribution >= 0.6 is 0 Å². The highest BCUT2D eigenvalue weighted by Gasteiger charge is 2.09. The highest BCUT2D eigenvalue weighted by molar-refractivity contribution is 5.76. The smallest absolute Gasteiger partial charge is 0.220 e. The van der Waals surface area contributed by atoms with Gasteiger partial charge in [-0.2, -0.15) is 5.10 Å². The second kappa shape index (κ2) is 8.29. The maximum absolute atomic E-state index is 11.7. The lowest BCUT2D eigenvalue weighted by Crippen LogP contribution is -2.26. The van der Waals surface area contributed by atoms with E-state index in [9.17, 15) is 9.59 Å². The monoisotopic (exact) mass is 266 g/mol. The SMILES string of the molecule is CC(=O)NCCCCCC(=O)NC(C)c1cn[nH]c1. The molecule has 6 heteroatoms. The highest BCUT2D eigenvalue weighted by atomic mass is 16.2. The molecule has 0 aliphatic rings. The number of nitrogens with one attached hydrogen (secondary N) is 3. The van der Waals surface area contributed by atoms with Gasteiger partial charge >= 0.3 is 0 Å². The lowest BCUT2D eigenvalue weighted by Gasteiger charge is -2.11. The molecule has 0 aliphatic carbocycles. The number of amides is 2. The normalized spacial score (nSPS) is 11.9. The summed E-state index contributed by atoms with van der Waals surface area (Å²) < 4.78 is 0. The van der Waals surface area contributed by atoms with Crippen LogP contribution in [-0.2, 0) is 9.59 Å². The third kappa shape index (κ3) is 6.59. The van der Waals surface area contributed by atoms with Crippen LogP contribution in [0.5, 0.6) is 0 Å². The van der Waals surface area contributed by atoms with Gasteiger partial charge < -0.3 is 10.6 Å². The zero-order valence-electron chi connectivity index (χ0n) is 11.5. The van der Waals surface area contributed by atoms with E-state index >= 15 is 0 Å². The fourth-order valence-corrected chi connectivity index (χ4v) is 1.75. The van der Waals surface area contributed by atoms with E-state index in [4.69, 9.17) is 0 Å². The summed E-state index contributed by atoms with van der Waals surface area (Å²) in [5.74, 6) is 0.0416. The predicted octanol–water partition coefficient (Wildman–Crippen LogP) is 1.28. The molecule has 2 amide bonds. The van der Waals surface area contributed by atoms with Crippen molar-refractivity contribution in [3.8, 4) is 0 Å². The van der Waals surface area contributed by atoms with Crippen LogP contribution in [0.3, 0.4) is 0 Å². The van der Waals surface area contributed by atoms with Crippen LogP contribution in [0.2, 0.25) is 0 Å². The minimum atomic E-state index is -0.0226. The summed E-state index contributed by atoms with van der Waals surface area (Å²) in [6.07, 6.45) is 6.68. The van der Waals surface area contributed by atoms with Crippen molar-refractivity contribution in [1.82, 2.24) is 20.8 Å². The molecule has 1 heterocycles. The minimum Gasteiger partial charge on any atom is -0.356 e. The molecule has 0 fully saturated rings. The van der Waals surface area contributed by atoms with Gasteiger partial charge in [-0.15, -0.1) is 0 Å². The molecular formula is C13H22N4O2. The van der Waals surface area contributed by atoms with Crippen molar-refractivity contribution in [1.29, 1.82) is 0 Å². The number of carbonyl (C=O) groups is 2. The van der Waals surface area contributed by atoms with Gasteiger partial charge in [0.15, 0.2) is 0 Å². The van der Waals surface area contributed by atoms with Crippen molar-refractivity contribution in [3.63, 3.8) is 0 Å². The summed E-state index contributed by atoms with van der Waals surface area (Å²) in [5.41, 5.74) is 0.971. The molecule has 0 spiro atoms. The molecule has 1 unspecified atom stereocenters. The second-order valence-electron chi connectivity index (χ2n) is 4.61. The van der Waals surface area contributed by atoms with E-state index in [1.54, 1.807) is 12.4 Å². The van der Waals surface area contributed by atoms with Crippen LogP contribution in [0, 0.1) is 0 Å². The van der Waals surface area contributed by atoms with Gasteiger partial charge in [0.25, 0.3) is 0 Å². The van der Waals surface area contributed by atoms with E-state index in [0.29, 0.717) is 13.0 Å². The zero-order valence-corrected chi connectivity index (χ0v) is 11.5. The molecule has 1 aromatic rings. The lowest BCUT2D eigenvalue weighted by molar-refractivity contribution is -0.122. The molecule has 106 valence electrons.